The predicted molar refractivity (Wildman–Crippen MR) is 114 cm³/mol. The normalized spacial score (nSPS) is 16.1. The Morgan fingerprint density at radius 3 is 2.66 bits per heavy atom. The highest BCUT2D eigenvalue weighted by molar-refractivity contribution is 5.94. The maximum atomic E-state index is 12.5. The Bertz CT molecular complexity index is 963. The highest BCUT2D eigenvalue weighted by Gasteiger charge is 2.26. The summed E-state index contributed by atoms with van der Waals surface area (Å²) in [4.78, 5) is 14.7. The number of aromatic amines is 1. The summed E-state index contributed by atoms with van der Waals surface area (Å²) in [6.07, 6.45) is 1.88. The number of benzene rings is 2. The van der Waals surface area contributed by atoms with Crippen LogP contribution in [0.2, 0.25) is 0 Å². The molecule has 6 heteroatoms. The van der Waals surface area contributed by atoms with Gasteiger partial charge in [0, 0.05) is 30.8 Å². The summed E-state index contributed by atoms with van der Waals surface area (Å²) < 4.78 is 5.21. The van der Waals surface area contributed by atoms with Crippen molar-refractivity contribution in [3.63, 3.8) is 0 Å². The number of methoxy groups -OCH3 is 1. The lowest BCUT2D eigenvalue weighted by Crippen LogP contribution is -2.37. The zero-order chi connectivity index (χ0) is 20.2. The second-order valence-corrected chi connectivity index (χ2v) is 7.32. The third-order valence-corrected chi connectivity index (χ3v) is 5.44. The molecule has 150 valence electrons. The average molecular weight is 390 g/mol. The molecule has 0 bridgehead atoms. The first-order valence-corrected chi connectivity index (χ1v) is 10.0. The topological polar surface area (TPSA) is 70.2 Å². The Kier molecular flexibility index (Phi) is 5.51. The van der Waals surface area contributed by atoms with E-state index in [4.69, 9.17) is 4.74 Å². The van der Waals surface area contributed by atoms with E-state index >= 15 is 0 Å². The number of carbonyl (C=O) groups is 1. The number of anilines is 1. The number of amides is 1. The van der Waals surface area contributed by atoms with Gasteiger partial charge in [-0.05, 0) is 60.4 Å². The lowest BCUT2D eigenvalue weighted by Gasteiger charge is -2.16. The molecule has 2 aromatic carbocycles. The molecule has 6 nitrogen and oxygen atoms in total. The van der Waals surface area contributed by atoms with Gasteiger partial charge in [0.15, 0.2) is 5.82 Å². The largest absolute Gasteiger partial charge is 0.497 e. The molecule has 0 radical (unpaired) electrons. The van der Waals surface area contributed by atoms with Gasteiger partial charge in [-0.25, -0.2) is 0 Å². The van der Waals surface area contributed by atoms with Crippen molar-refractivity contribution in [3.8, 4) is 17.0 Å². The number of carbonyl (C=O) groups excluding carboxylic acids is 1. The number of ether oxygens (including phenoxy) is 1. The van der Waals surface area contributed by atoms with E-state index in [0.29, 0.717) is 5.56 Å². The van der Waals surface area contributed by atoms with Gasteiger partial charge in [0.05, 0.1) is 12.8 Å². The molecule has 3 aromatic rings. The number of rotatable bonds is 6. The van der Waals surface area contributed by atoms with Crippen LogP contribution in [0.3, 0.4) is 0 Å². The molecule has 1 aliphatic rings. The highest BCUT2D eigenvalue weighted by Crippen LogP contribution is 2.26. The third kappa shape index (κ3) is 4.26. The Balaban J connectivity index is 1.37. The van der Waals surface area contributed by atoms with Crippen molar-refractivity contribution >= 4 is 11.7 Å². The van der Waals surface area contributed by atoms with Gasteiger partial charge < -0.3 is 15.0 Å². The van der Waals surface area contributed by atoms with Gasteiger partial charge in [-0.3, -0.25) is 9.89 Å². The molecule has 2 N–H and O–H groups in total. The van der Waals surface area contributed by atoms with Crippen molar-refractivity contribution in [1.82, 2.24) is 15.5 Å². The molecule has 1 unspecified atom stereocenters. The van der Waals surface area contributed by atoms with Crippen LogP contribution in [0.4, 0.5) is 5.82 Å². The van der Waals surface area contributed by atoms with Crippen LogP contribution < -0.4 is 15.0 Å². The van der Waals surface area contributed by atoms with Crippen LogP contribution in [-0.4, -0.2) is 42.3 Å². The molecule has 0 spiro atoms. The van der Waals surface area contributed by atoms with Crippen molar-refractivity contribution in [2.75, 3.05) is 25.1 Å². The third-order valence-electron chi connectivity index (χ3n) is 5.44. The van der Waals surface area contributed by atoms with Crippen molar-refractivity contribution in [1.29, 1.82) is 0 Å². The maximum Gasteiger partial charge on any atom is 0.251 e. The second kappa shape index (κ2) is 8.39. The van der Waals surface area contributed by atoms with Gasteiger partial charge in [0.25, 0.3) is 5.91 Å². The first kappa shape index (κ1) is 19.1. The van der Waals surface area contributed by atoms with Crippen LogP contribution in [0.25, 0.3) is 11.3 Å². The van der Waals surface area contributed by atoms with Gasteiger partial charge in [-0.1, -0.05) is 19.1 Å². The first-order chi connectivity index (χ1) is 14.2. The van der Waals surface area contributed by atoms with E-state index in [1.165, 1.54) is 5.56 Å². The molecule has 1 amide bonds. The molecule has 0 aliphatic carbocycles. The van der Waals surface area contributed by atoms with Crippen LogP contribution in [0, 0.1) is 0 Å². The van der Waals surface area contributed by atoms with Gasteiger partial charge in [-0.15, -0.1) is 0 Å². The van der Waals surface area contributed by atoms with Crippen molar-refractivity contribution in [3.05, 3.63) is 65.7 Å². The van der Waals surface area contributed by atoms with E-state index in [1.807, 2.05) is 48.5 Å². The SMILES string of the molecule is CCc1ccc(C(=O)NC2CCN(c3cc(-c4ccc(OC)cc4)[nH]n3)C2)cc1. The van der Waals surface area contributed by atoms with Gasteiger partial charge in [-0.2, -0.15) is 5.10 Å². The molecule has 0 saturated carbocycles. The lowest BCUT2D eigenvalue weighted by molar-refractivity contribution is 0.0940. The molecule has 1 saturated heterocycles. The fraction of sp³-hybridized carbons (Fsp3) is 0.304. The van der Waals surface area contributed by atoms with Crippen LogP contribution in [0.15, 0.2) is 54.6 Å². The minimum Gasteiger partial charge on any atom is -0.497 e. The summed E-state index contributed by atoms with van der Waals surface area (Å²) in [5, 5.41) is 10.7. The van der Waals surface area contributed by atoms with Crippen molar-refractivity contribution in [2.45, 2.75) is 25.8 Å². The van der Waals surface area contributed by atoms with Gasteiger partial charge in [0.1, 0.15) is 5.75 Å². The number of hydrogen-bond donors (Lipinski definition) is 2. The van der Waals surface area contributed by atoms with Crippen LogP contribution in [0.1, 0.15) is 29.3 Å². The van der Waals surface area contributed by atoms with E-state index < -0.39 is 0 Å². The fourth-order valence-electron chi connectivity index (χ4n) is 3.64. The zero-order valence-electron chi connectivity index (χ0n) is 16.8. The fourth-order valence-corrected chi connectivity index (χ4v) is 3.64. The Morgan fingerprint density at radius 2 is 1.97 bits per heavy atom. The zero-order valence-corrected chi connectivity index (χ0v) is 16.8. The lowest BCUT2D eigenvalue weighted by atomic mass is 10.1. The summed E-state index contributed by atoms with van der Waals surface area (Å²) in [6, 6.07) is 17.9. The Morgan fingerprint density at radius 1 is 1.21 bits per heavy atom. The Labute approximate surface area is 170 Å². The number of nitrogens with one attached hydrogen (secondary N) is 2. The molecule has 2 heterocycles. The summed E-state index contributed by atoms with van der Waals surface area (Å²) in [5.41, 5.74) is 3.97. The van der Waals surface area contributed by atoms with Crippen LogP contribution in [-0.2, 0) is 6.42 Å². The van der Waals surface area contributed by atoms with E-state index in [0.717, 1.165) is 48.8 Å². The monoisotopic (exact) mass is 390 g/mol. The molecule has 29 heavy (non-hydrogen) atoms. The predicted octanol–water partition coefficient (Wildman–Crippen LogP) is 3.66. The average Bonchev–Trinajstić information content (AvgIpc) is 3.43. The van der Waals surface area contributed by atoms with Crippen LogP contribution >= 0.6 is 0 Å². The molecule has 4 rings (SSSR count). The number of aryl methyl sites for hydroxylation is 1. The quantitative estimate of drug-likeness (QED) is 0.674. The van der Waals surface area contributed by atoms with Crippen molar-refractivity contribution < 1.29 is 9.53 Å². The first-order valence-electron chi connectivity index (χ1n) is 10.0. The summed E-state index contributed by atoms with van der Waals surface area (Å²) in [6.45, 7) is 3.73. The van der Waals surface area contributed by atoms with Gasteiger partial charge >= 0.3 is 0 Å². The molecular formula is C23H26N4O2. The van der Waals surface area contributed by atoms with E-state index in [1.54, 1.807) is 7.11 Å². The molecule has 1 aromatic heterocycles. The van der Waals surface area contributed by atoms with Gasteiger partial charge in [0.2, 0.25) is 0 Å². The van der Waals surface area contributed by atoms with Crippen molar-refractivity contribution in [2.24, 2.45) is 0 Å². The summed E-state index contributed by atoms with van der Waals surface area (Å²) in [7, 11) is 1.66. The smallest absolute Gasteiger partial charge is 0.251 e. The number of aromatic nitrogens is 2. The number of hydrogen-bond acceptors (Lipinski definition) is 4. The molecular weight excluding hydrogens is 364 g/mol. The minimum atomic E-state index is -0.0135. The highest BCUT2D eigenvalue weighted by atomic mass is 16.5. The summed E-state index contributed by atoms with van der Waals surface area (Å²) in [5.74, 6) is 1.72. The van der Waals surface area contributed by atoms with E-state index in [-0.39, 0.29) is 11.9 Å². The number of H-pyrrole nitrogens is 1. The molecule has 1 atom stereocenters. The second-order valence-electron chi connectivity index (χ2n) is 7.32. The number of nitrogens with zero attached hydrogens (tertiary/aromatic N) is 2. The maximum absolute atomic E-state index is 12.5. The molecule has 1 aliphatic heterocycles. The summed E-state index contributed by atoms with van der Waals surface area (Å²) >= 11 is 0. The van der Waals surface area contributed by atoms with Crippen LogP contribution in [0.5, 0.6) is 5.75 Å². The van der Waals surface area contributed by atoms with E-state index in [9.17, 15) is 4.79 Å². The Hall–Kier alpha value is -3.28. The minimum absolute atomic E-state index is 0.0135. The van der Waals surface area contributed by atoms with E-state index in [2.05, 4.69) is 33.4 Å². The standard InChI is InChI=1S/C23H26N4O2/c1-3-16-4-6-18(7-5-16)23(28)24-19-12-13-27(15-19)22-14-21(25-26-22)17-8-10-20(29-2)11-9-17/h4-11,14,19H,3,12-13,15H2,1-2H3,(H,24,28)(H,25,26). The molecule has 1 fully saturated rings.